The monoisotopic (exact) mass is 480 g/mol. The summed E-state index contributed by atoms with van der Waals surface area (Å²) in [5.74, 6) is 0. The average molecular weight is 481 g/mol. The van der Waals surface area contributed by atoms with E-state index in [0.717, 1.165) is 0 Å². The molecular formula is C28H32O7. The van der Waals surface area contributed by atoms with Crippen molar-refractivity contribution in [3.05, 3.63) is 108 Å². The molecule has 1 saturated heterocycles. The number of ether oxygens (including phenoxy) is 2. The van der Waals surface area contributed by atoms with Gasteiger partial charge in [0.2, 0.25) is 0 Å². The Bertz CT molecular complexity index is 1080. The van der Waals surface area contributed by atoms with Gasteiger partial charge in [0.1, 0.15) is 17.3 Å². The van der Waals surface area contributed by atoms with Crippen LogP contribution in [0.1, 0.15) is 16.7 Å². The summed E-state index contributed by atoms with van der Waals surface area (Å²) in [4.78, 5) is 0. The normalized spacial score (nSPS) is 30.9. The van der Waals surface area contributed by atoms with Crippen LogP contribution < -0.4 is 0 Å². The Hall–Kier alpha value is -2.62. The lowest BCUT2D eigenvalue weighted by molar-refractivity contribution is -0.415. The molecule has 7 nitrogen and oxygen atoms in total. The minimum Gasteiger partial charge on any atom is -0.383 e. The number of hydrogen-bond donors (Lipinski definition) is 5. The van der Waals surface area contributed by atoms with Gasteiger partial charge >= 0.3 is 0 Å². The molecule has 0 saturated carbocycles. The lowest BCUT2D eigenvalue weighted by Gasteiger charge is -2.61. The van der Waals surface area contributed by atoms with E-state index in [4.69, 9.17) is 9.47 Å². The predicted molar refractivity (Wildman–Crippen MR) is 129 cm³/mol. The van der Waals surface area contributed by atoms with Crippen LogP contribution in [0.25, 0.3) is 0 Å². The molecule has 4 rings (SSSR count). The van der Waals surface area contributed by atoms with E-state index in [-0.39, 0.29) is 19.3 Å². The van der Waals surface area contributed by atoms with Crippen LogP contribution in [-0.4, -0.2) is 68.1 Å². The third-order valence-corrected chi connectivity index (χ3v) is 6.98. The molecule has 0 bridgehead atoms. The molecule has 0 amide bonds. The van der Waals surface area contributed by atoms with E-state index in [2.05, 4.69) is 0 Å². The second kappa shape index (κ2) is 10.2. The molecule has 0 aromatic heterocycles. The van der Waals surface area contributed by atoms with Crippen molar-refractivity contribution < 1.29 is 35.0 Å². The first-order chi connectivity index (χ1) is 16.7. The highest BCUT2D eigenvalue weighted by molar-refractivity contribution is 5.32. The van der Waals surface area contributed by atoms with Gasteiger partial charge in [0.15, 0.2) is 18.2 Å². The number of aliphatic hydroxyl groups excluding tert-OH is 1. The zero-order valence-corrected chi connectivity index (χ0v) is 19.6. The second-order valence-corrected chi connectivity index (χ2v) is 9.23. The number of aliphatic hydroxyl groups is 5. The highest BCUT2D eigenvalue weighted by atomic mass is 16.7. The summed E-state index contributed by atoms with van der Waals surface area (Å²) in [5, 5.41) is 57.6. The largest absolute Gasteiger partial charge is 0.383 e. The highest BCUT2D eigenvalue weighted by Crippen LogP contribution is 2.50. The van der Waals surface area contributed by atoms with Gasteiger partial charge in [-0.25, -0.2) is 0 Å². The molecule has 5 N–H and O–H groups in total. The first-order valence-electron chi connectivity index (χ1n) is 11.6. The van der Waals surface area contributed by atoms with E-state index in [0.29, 0.717) is 16.7 Å². The molecule has 1 fully saturated rings. The zero-order chi connectivity index (χ0) is 25.1. The molecule has 1 heterocycles. The predicted octanol–water partition coefficient (Wildman–Crippen LogP) is 1.59. The number of hydrogen-bond acceptors (Lipinski definition) is 7. The standard InChI is InChI=1S/C28H32O7/c1-34-25-27(32,18-21-13-7-3-8-14-21)28(33,19-22-15-9-4-10-16-22)26(31,23(35-25)24(29)30)17-20-11-5-2-6-12-20/h2-16,23-25,29-33H,17-19H2,1H3/t23-,25+,26-,27+,28+/m1/s1. The topological polar surface area (TPSA) is 120 Å². The minimum atomic E-state index is -2.33. The van der Waals surface area contributed by atoms with Gasteiger partial charge in [0.05, 0.1) is 0 Å². The van der Waals surface area contributed by atoms with Crippen LogP contribution in [0.4, 0.5) is 0 Å². The second-order valence-electron chi connectivity index (χ2n) is 9.23. The van der Waals surface area contributed by atoms with E-state index in [1.807, 2.05) is 18.2 Å². The summed E-state index contributed by atoms with van der Waals surface area (Å²) in [6.07, 6.45) is -5.86. The summed E-state index contributed by atoms with van der Waals surface area (Å²) in [6.45, 7) is 0. The Balaban J connectivity index is 1.92. The van der Waals surface area contributed by atoms with Gasteiger partial charge in [-0.3, -0.25) is 0 Å². The van der Waals surface area contributed by atoms with Crippen LogP contribution in [0.5, 0.6) is 0 Å². The first kappa shape index (κ1) is 25.5. The van der Waals surface area contributed by atoms with Gasteiger partial charge in [0.25, 0.3) is 0 Å². The minimum absolute atomic E-state index is 0.124. The van der Waals surface area contributed by atoms with Crippen LogP contribution in [0.3, 0.4) is 0 Å². The maximum atomic E-state index is 12.5. The quantitative estimate of drug-likeness (QED) is 0.311. The molecule has 35 heavy (non-hydrogen) atoms. The van der Waals surface area contributed by atoms with E-state index >= 15 is 0 Å². The molecule has 5 atom stereocenters. The highest BCUT2D eigenvalue weighted by Gasteiger charge is 2.72. The van der Waals surface area contributed by atoms with E-state index < -0.39 is 35.5 Å². The van der Waals surface area contributed by atoms with Gasteiger partial charge in [-0.2, -0.15) is 0 Å². The van der Waals surface area contributed by atoms with E-state index in [9.17, 15) is 25.5 Å². The summed E-state index contributed by atoms with van der Waals surface area (Å²) < 4.78 is 11.3. The van der Waals surface area contributed by atoms with Crippen molar-refractivity contribution in [1.82, 2.24) is 0 Å². The Morgan fingerprint density at radius 2 is 1.09 bits per heavy atom. The molecule has 3 aromatic rings. The molecule has 3 aromatic carbocycles. The van der Waals surface area contributed by atoms with Crippen molar-refractivity contribution >= 4 is 0 Å². The summed E-state index contributed by atoms with van der Waals surface area (Å²) >= 11 is 0. The molecule has 7 heteroatoms. The van der Waals surface area contributed by atoms with Crippen LogP contribution in [0.15, 0.2) is 91.0 Å². The fourth-order valence-corrected chi connectivity index (χ4v) is 5.22. The lowest BCUT2D eigenvalue weighted by atomic mass is 9.59. The molecule has 0 spiro atoms. The van der Waals surface area contributed by atoms with Crippen LogP contribution in [0.2, 0.25) is 0 Å². The van der Waals surface area contributed by atoms with Gasteiger partial charge in [0, 0.05) is 26.4 Å². The summed E-state index contributed by atoms with van der Waals surface area (Å²) in [5.41, 5.74) is -4.90. The van der Waals surface area contributed by atoms with Gasteiger partial charge in [-0.15, -0.1) is 0 Å². The average Bonchev–Trinajstić information content (AvgIpc) is 2.85. The molecule has 1 aliphatic rings. The lowest BCUT2D eigenvalue weighted by Crippen LogP contribution is -2.83. The SMILES string of the molecule is CO[C@H]1O[C@H](C(O)O)[C@](O)(Cc2ccccc2)[C@@](O)(Cc2ccccc2)[C@]1(O)Cc1ccccc1. The van der Waals surface area contributed by atoms with Crippen molar-refractivity contribution in [3.63, 3.8) is 0 Å². The maximum absolute atomic E-state index is 12.5. The summed E-state index contributed by atoms with van der Waals surface area (Å²) in [7, 11) is 1.30. The number of rotatable bonds is 8. The van der Waals surface area contributed by atoms with Crippen molar-refractivity contribution in [3.8, 4) is 0 Å². The number of benzene rings is 3. The Kier molecular flexibility index (Phi) is 7.40. The van der Waals surface area contributed by atoms with Crippen molar-refractivity contribution in [1.29, 1.82) is 0 Å². The first-order valence-corrected chi connectivity index (χ1v) is 11.6. The van der Waals surface area contributed by atoms with Gasteiger partial charge in [-0.1, -0.05) is 91.0 Å². The Labute approximate surface area is 204 Å². The molecule has 0 unspecified atom stereocenters. The smallest absolute Gasteiger partial charge is 0.189 e. The molecule has 0 radical (unpaired) electrons. The molecule has 1 aliphatic heterocycles. The third-order valence-electron chi connectivity index (χ3n) is 6.98. The van der Waals surface area contributed by atoms with Crippen molar-refractivity contribution in [2.24, 2.45) is 0 Å². The fraction of sp³-hybridized carbons (Fsp3) is 0.357. The zero-order valence-electron chi connectivity index (χ0n) is 19.6. The van der Waals surface area contributed by atoms with Crippen molar-refractivity contribution in [2.45, 2.75) is 54.7 Å². The molecule has 186 valence electrons. The van der Waals surface area contributed by atoms with Gasteiger partial charge < -0.3 is 35.0 Å². The fourth-order valence-electron chi connectivity index (χ4n) is 5.22. The van der Waals surface area contributed by atoms with Crippen LogP contribution in [-0.2, 0) is 28.7 Å². The van der Waals surface area contributed by atoms with Crippen LogP contribution in [0, 0.1) is 0 Å². The molecular weight excluding hydrogens is 448 g/mol. The number of methoxy groups -OCH3 is 1. The van der Waals surface area contributed by atoms with E-state index in [1.54, 1.807) is 72.8 Å². The molecule has 0 aliphatic carbocycles. The maximum Gasteiger partial charge on any atom is 0.189 e. The Morgan fingerprint density at radius 1 is 0.686 bits per heavy atom. The summed E-state index contributed by atoms with van der Waals surface area (Å²) in [6, 6.07) is 26.8. The third kappa shape index (κ3) is 4.64. The van der Waals surface area contributed by atoms with Crippen LogP contribution >= 0.6 is 0 Å². The van der Waals surface area contributed by atoms with Gasteiger partial charge in [-0.05, 0) is 16.7 Å². The van der Waals surface area contributed by atoms with Crippen molar-refractivity contribution in [2.75, 3.05) is 7.11 Å². The van der Waals surface area contributed by atoms with E-state index in [1.165, 1.54) is 7.11 Å². The Morgan fingerprint density at radius 3 is 1.49 bits per heavy atom.